The highest BCUT2D eigenvalue weighted by atomic mass is 35.5. The first kappa shape index (κ1) is 20.9. The number of carbonyl (C=O) groups is 1. The average molecular weight is 403 g/mol. The SMILES string of the molecule is CC[C@H](C)[C@H](N)C(=O)N(Cc1cccc(Cl)c1Cl)C[C@H]1CC[C@@H](S)C1. The van der Waals surface area contributed by atoms with Gasteiger partial charge in [-0.3, -0.25) is 4.79 Å². The highest BCUT2D eigenvalue weighted by Gasteiger charge is 2.30. The molecule has 1 aromatic rings. The number of rotatable bonds is 7. The van der Waals surface area contributed by atoms with Crippen LogP contribution in [0.2, 0.25) is 10.0 Å². The van der Waals surface area contributed by atoms with Crippen LogP contribution in [0.25, 0.3) is 0 Å². The molecule has 1 saturated carbocycles. The van der Waals surface area contributed by atoms with Crippen molar-refractivity contribution in [1.29, 1.82) is 0 Å². The van der Waals surface area contributed by atoms with Gasteiger partial charge in [-0.15, -0.1) is 0 Å². The Balaban J connectivity index is 2.18. The Morgan fingerprint density at radius 3 is 2.72 bits per heavy atom. The first-order chi connectivity index (χ1) is 11.8. The minimum absolute atomic E-state index is 0.00648. The highest BCUT2D eigenvalue weighted by Crippen LogP contribution is 2.32. The van der Waals surface area contributed by atoms with Crippen molar-refractivity contribution in [2.75, 3.05) is 6.54 Å². The second-order valence-corrected chi connectivity index (χ2v) is 8.69. The Labute approximate surface area is 166 Å². The molecule has 2 N–H and O–H groups in total. The molecule has 0 radical (unpaired) electrons. The minimum Gasteiger partial charge on any atom is -0.337 e. The van der Waals surface area contributed by atoms with Gasteiger partial charge in [0.2, 0.25) is 5.91 Å². The van der Waals surface area contributed by atoms with E-state index in [1.54, 1.807) is 6.07 Å². The van der Waals surface area contributed by atoms with E-state index in [2.05, 4.69) is 19.6 Å². The molecular formula is C19H28Cl2N2OS. The van der Waals surface area contributed by atoms with Gasteiger partial charge in [0.1, 0.15) is 0 Å². The normalized spacial score (nSPS) is 22.6. The molecule has 4 atom stereocenters. The Morgan fingerprint density at radius 2 is 2.12 bits per heavy atom. The van der Waals surface area contributed by atoms with Crippen molar-refractivity contribution in [2.45, 2.75) is 57.4 Å². The smallest absolute Gasteiger partial charge is 0.240 e. The molecule has 0 aliphatic heterocycles. The summed E-state index contributed by atoms with van der Waals surface area (Å²) in [5.41, 5.74) is 7.09. The Bertz CT molecular complexity index is 599. The molecule has 0 heterocycles. The van der Waals surface area contributed by atoms with E-state index >= 15 is 0 Å². The van der Waals surface area contributed by atoms with Crippen molar-refractivity contribution in [3.63, 3.8) is 0 Å². The van der Waals surface area contributed by atoms with Crippen LogP contribution in [-0.2, 0) is 11.3 Å². The van der Waals surface area contributed by atoms with Crippen molar-refractivity contribution in [2.24, 2.45) is 17.6 Å². The van der Waals surface area contributed by atoms with E-state index in [0.717, 1.165) is 31.2 Å². The highest BCUT2D eigenvalue weighted by molar-refractivity contribution is 7.80. The number of hydrogen-bond acceptors (Lipinski definition) is 3. The number of hydrogen-bond donors (Lipinski definition) is 2. The van der Waals surface area contributed by atoms with E-state index in [4.69, 9.17) is 28.9 Å². The lowest BCUT2D eigenvalue weighted by Crippen LogP contribution is -2.48. The van der Waals surface area contributed by atoms with Crippen molar-refractivity contribution in [1.82, 2.24) is 4.90 Å². The minimum atomic E-state index is -0.490. The van der Waals surface area contributed by atoms with E-state index < -0.39 is 6.04 Å². The van der Waals surface area contributed by atoms with Crippen LogP contribution in [0, 0.1) is 11.8 Å². The molecule has 1 aliphatic carbocycles. The molecule has 1 fully saturated rings. The number of nitrogens with two attached hydrogens (primary N) is 1. The van der Waals surface area contributed by atoms with Gasteiger partial charge in [0.05, 0.1) is 16.1 Å². The van der Waals surface area contributed by atoms with Crippen molar-refractivity contribution in [3.8, 4) is 0 Å². The lowest BCUT2D eigenvalue weighted by Gasteiger charge is -2.30. The summed E-state index contributed by atoms with van der Waals surface area (Å²) in [6.07, 6.45) is 4.11. The zero-order chi connectivity index (χ0) is 18.6. The molecule has 2 rings (SSSR count). The summed E-state index contributed by atoms with van der Waals surface area (Å²) in [5.74, 6) is 0.604. The van der Waals surface area contributed by atoms with Crippen LogP contribution in [0.4, 0.5) is 0 Å². The number of benzene rings is 1. The average Bonchev–Trinajstić information content (AvgIpc) is 3.01. The summed E-state index contributed by atoms with van der Waals surface area (Å²) in [7, 11) is 0. The lowest BCUT2D eigenvalue weighted by atomic mass is 9.97. The molecule has 25 heavy (non-hydrogen) atoms. The second kappa shape index (κ2) is 9.50. The zero-order valence-electron chi connectivity index (χ0n) is 14.9. The predicted octanol–water partition coefficient (Wildman–Crippen LogP) is 4.79. The van der Waals surface area contributed by atoms with Crippen LogP contribution in [0.1, 0.15) is 45.1 Å². The molecule has 6 heteroatoms. The van der Waals surface area contributed by atoms with Crippen LogP contribution in [0.5, 0.6) is 0 Å². The fraction of sp³-hybridized carbons (Fsp3) is 0.632. The summed E-state index contributed by atoms with van der Waals surface area (Å²) < 4.78 is 0. The van der Waals surface area contributed by atoms with Gasteiger partial charge < -0.3 is 10.6 Å². The molecule has 0 saturated heterocycles. The molecule has 0 bridgehead atoms. The molecular weight excluding hydrogens is 375 g/mol. The van der Waals surface area contributed by atoms with Crippen LogP contribution in [0.3, 0.4) is 0 Å². The Kier molecular flexibility index (Phi) is 7.93. The van der Waals surface area contributed by atoms with Gasteiger partial charge in [0.25, 0.3) is 0 Å². The van der Waals surface area contributed by atoms with Crippen LogP contribution in [-0.4, -0.2) is 28.6 Å². The number of halogens is 2. The van der Waals surface area contributed by atoms with E-state index in [-0.39, 0.29) is 11.8 Å². The second-order valence-electron chi connectivity index (χ2n) is 7.18. The number of amides is 1. The molecule has 1 aliphatic rings. The van der Waals surface area contributed by atoms with Gasteiger partial charge in [-0.1, -0.05) is 55.6 Å². The maximum Gasteiger partial charge on any atom is 0.240 e. The van der Waals surface area contributed by atoms with Crippen LogP contribution in [0.15, 0.2) is 18.2 Å². The summed E-state index contributed by atoms with van der Waals surface area (Å²) in [6.45, 7) is 5.21. The largest absolute Gasteiger partial charge is 0.337 e. The summed E-state index contributed by atoms with van der Waals surface area (Å²) in [6, 6.07) is 5.04. The van der Waals surface area contributed by atoms with E-state index in [0.29, 0.717) is 34.3 Å². The predicted molar refractivity (Wildman–Crippen MR) is 109 cm³/mol. The molecule has 140 valence electrons. The van der Waals surface area contributed by atoms with Crippen molar-refractivity contribution < 1.29 is 4.79 Å². The standard InChI is InChI=1S/C19H28Cl2N2OS/c1-3-12(2)18(22)19(24)23(10-13-7-8-15(25)9-13)11-14-5-4-6-16(20)17(14)21/h4-6,12-13,15,18,25H,3,7-11,22H2,1-2H3/t12-,13-,15+,18-/m0/s1. The summed E-state index contributed by atoms with van der Waals surface area (Å²) >= 11 is 17.0. The van der Waals surface area contributed by atoms with Gasteiger partial charge in [0.15, 0.2) is 0 Å². The summed E-state index contributed by atoms with van der Waals surface area (Å²) in [4.78, 5) is 14.9. The van der Waals surface area contributed by atoms with Crippen LogP contribution < -0.4 is 5.73 Å². The molecule has 0 aromatic heterocycles. The fourth-order valence-corrected chi connectivity index (χ4v) is 4.17. The topological polar surface area (TPSA) is 46.3 Å². The fourth-order valence-electron chi connectivity index (χ4n) is 3.34. The quantitative estimate of drug-likeness (QED) is 0.643. The van der Waals surface area contributed by atoms with Gasteiger partial charge in [-0.05, 0) is 42.7 Å². The third-order valence-electron chi connectivity index (χ3n) is 5.24. The van der Waals surface area contributed by atoms with Gasteiger partial charge in [0, 0.05) is 18.3 Å². The molecule has 1 amide bonds. The first-order valence-electron chi connectivity index (χ1n) is 8.98. The maximum absolute atomic E-state index is 13.0. The molecule has 3 nitrogen and oxygen atoms in total. The number of thiol groups is 1. The monoisotopic (exact) mass is 402 g/mol. The Hall–Kier alpha value is -0.420. The van der Waals surface area contributed by atoms with Gasteiger partial charge >= 0.3 is 0 Å². The maximum atomic E-state index is 13.0. The van der Waals surface area contributed by atoms with Crippen LogP contribution >= 0.6 is 35.8 Å². The Morgan fingerprint density at radius 1 is 1.40 bits per heavy atom. The number of nitrogens with zero attached hydrogens (tertiary/aromatic N) is 1. The third kappa shape index (κ3) is 5.53. The van der Waals surface area contributed by atoms with Gasteiger partial charge in [-0.25, -0.2) is 0 Å². The third-order valence-corrected chi connectivity index (χ3v) is 6.57. The first-order valence-corrected chi connectivity index (χ1v) is 10.3. The summed E-state index contributed by atoms with van der Waals surface area (Å²) in [5, 5.41) is 1.45. The van der Waals surface area contributed by atoms with Crippen molar-refractivity contribution in [3.05, 3.63) is 33.8 Å². The number of carbonyl (C=O) groups excluding carboxylic acids is 1. The van der Waals surface area contributed by atoms with E-state index in [1.807, 2.05) is 24.0 Å². The molecule has 1 aromatic carbocycles. The molecule has 0 spiro atoms. The van der Waals surface area contributed by atoms with E-state index in [9.17, 15) is 4.79 Å². The zero-order valence-corrected chi connectivity index (χ0v) is 17.3. The van der Waals surface area contributed by atoms with Crippen molar-refractivity contribution >= 4 is 41.7 Å². The lowest BCUT2D eigenvalue weighted by molar-refractivity contribution is -0.135. The van der Waals surface area contributed by atoms with E-state index in [1.165, 1.54) is 0 Å². The molecule has 0 unspecified atom stereocenters. The van der Waals surface area contributed by atoms with Gasteiger partial charge in [-0.2, -0.15) is 12.6 Å².